The number of nitrogens with one attached hydrogen (secondary N) is 1. The summed E-state index contributed by atoms with van der Waals surface area (Å²) in [6, 6.07) is -0.795. The van der Waals surface area contributed by atoms with Gasteiger partial charge in [0.05, 0.1) is 39.9 Å². The van der Waals surface area contributed by atoms with Crippen LogP contribution in [-0.4, -0.2) is 68.5 Å². The number of phosphoric acid groups is 1. The number of allylic oxidation sites excluding steroid dienone is 4. The molecular formula is C43H85N2O6P. The standard InChI is InChI=1S/C43H85N2O6P/c1-6-8-10-12-14-16-17-18-19-20-21-22-23-24-25-26-27-29-31-33-35-37-43(47)44-41(40-51-52(48,49)50-39-38-45(3,4)5)42(46)36-34-32-30-28-15-13-11-9-7-2/h8,10,14,16,41-42,46H,6-7,9,11-13,15,17-40H2,1-5H3,(H-,44,47,48,49)/b10-8-,16-14-. The van der Waals surface area contributed by atoms with Crippen molar-refractivity contribution < 1.29 is 32.9 Å². The molecule has 0 radical (unpaired) electrons. The number of unbranched alkanes of at least 4 members (excludes halogenated alkanes) is 22. The van der Waals surface area contributed by atoms with Gasteiger partial charge in [0.1, 0.15) is 13.2 Å². The van der Waals surface area contributed by atoms with Crippen LogP contribution in [0.4, 0.5) is 0 Å². The quantitative estimate of drug-likeness (QED) is 0.0280. The molecule has 0 aliphatic heterocycles. The van der Waals surface area contributed by atoms with Crippen LogP contribution >= 0.6 is 7.82 Å². The topological polar surface area (TPSA) is 108 Å². The lowest BCUT2D eigenvalue weighted by Gasteiger charge is -2.30. The fourth-order valence-corrected chi connectivity index (χ4v) is 6.98. The van der Waals surface area contributed by atoms with E-state index in [4.69, 9.17) is 9.05 Å². The van der Waals surface area contributed by atoms with Crippen LogP contribution in [0.15, 0.2) is 24.3 Å². The zero-order valence-electron chi connectivity index (χ0n) is 34.8. The summed E-state index contributed by atoms with van der Waals surface area (Å²) in [4.78, 5) is 25.2. The van der Waals surface area contributed by atoms with Crippen LogP contribution in [0.25, 0.3) is 0 Å². The Hall–Kier alpha value is -1.02. The fraction of sp³-hybridized carbons (Fsp3) is 0.884. The highest BCUT2D eigenvalue weighted by molar-refractivity contribution is 7.45. The van der Waals surface area contributed by atoms with E-state index in [1.807, 2.05) is 21.1 Å². The lowest BCUT2D eigenvalue weighted by molar-refractivity contribution is -0.870. The minimum absolute atomic E-state index is 0.0129. The van der Waals surface area contributed by atoms with Crippen molar-refractivity contribution in [3.63, 3.8) is 0 Å². The minimum Gasteiger partial charge on any atom is -0.756 e. The van der Waals surface area contributed by atoms with Crippen LogP contribution in [0, 0.1) is 0 Å². The molecule has 0 heterocycles. The third-order valence-corrected chi connectivity index (χ3v) is 10.7. The number of carbonyl (C=O) groups excluding carboxylic acids is 1. The summed E-state index contributed by atoms with van der Waals surface area (Å²) in [6.45, 7) is 4.59. The average Bonchev–Trinajstić information content (AvgIpc) is 3.09. The molecule has 9 heteroatoms. The Labute approximate surface area is 322 Å². The highest BCUT2D eigenvalue weighted by atomic mass is 31.2. The van der Waals surface area contributed by atoms with E-state index in [1.165, 1.54) is 116 Å². The average molecular weight is 757 g/mol. The van der Waals surface area contributed by atoms with Crippen molar-refractivity contribution in [2.24, 2.45) is 0 Å². The van der Waals surface area contributed by atoms with Crippen LogP contribution in [0.5, 0.6) is 0 Å². The largest absolute Gasteiger partial charge is 0.756 e. The van der Waals surface area contributed by atoms with E-state index >= 15 is 0 Å². The second-order valence-corrected chi connectivity index (χ2v) is 17.4. The number of aliphatic hydroxyl groups excluding tert-OH is 1. The number of amides is 1. The number of rotatable bonds is 39. The Bertz CT molecular complexity index is 907. The molecule has 0 rings (SSSR count). The van der Waals surface area contributed by atoms with Crippen molar-refractivity contribution in [3.8, 4) is 0 Å². The zero-order valence-corrected chi connectivity index (χ0v) is 35.7. The first-order valence-corrected chi connectivity index (χ1v) is 23.1. The van der Waals surface area contributed by atoms with Crippen LogP contribution in [0.3, 0.4) is 0 Å². The number of nitrogens with zero attached hydrogens (tertiary/aromatic N) is 1. The first-order valence-electron chi connectivity index (χ1n) is 21.7. The lowest BCUT2D eigenvalue weighted by atomic mass is 10.0. The number of phosphoric ester groups is 1. The normalized spacial score (nSPS) is 14.7. The highest BCUT2D eigenvalue weighted by Crippen LogP contribution is 2.38. The monoisotopic (exact) mass is 757 g/mol. The second-order valence-electron chi connectivity index (χ2n) is 16.0. The lowest BCUT2D eigenvalue weighted by Crippen LogP contribution is -2.46. The van der Waals surface area contributed by atoms with Crippen molar-refractivity contribution in [1.29, 1.82) is 0 Å². The van der Waals surface area contributed by atoms with Crippen molar-refractivity contribution in [2.75, 3.05) is 40.9 Å². The molecule has 0 spiro atoms. The summed E-state index contributed by atoms with van der Waals surface area (Å²) in [5.74, 6) is -0.168. The minimum atomic E-state index is -4.55. The number of hydrogen-bond donors (Lipinski definition) is 2. The molecule has 0 aliphatic carbocycles. The van der Waals surface area contributed by atoms with Crippen molar-refractivity contribution in [3.05, 3.63) is 24.3 Å². The predicted octanol–water partition coefficient (Wildman–Crippen LogP) is 11.1. The number of carbonyl (C=O) groups is 1. The molecule has 8 nitrogen and oxygen atoms in total. The van der Waals surface area contributed by atoms with E-state index in [1.54, 1.807) is 0 Å². The third kappa shape index (κ3) is 37.3. The van der Waals surface area contributed by atoms with Gasteiger partial charge in [-0.3, -0.25) is 9.36 Å². The van der Waals surface area contributed by atoms with E-state index in [-0.39, 0.29) is 19.1 Å². The van der Waals surface area contributed by atoms with Gasteiger partial charge in [0.2, 0.25) is 5.91 Å². The summed E-state index contributed by atoms with van der Waals surface area (Å²) in [5.41, 5.74) is 0. The van der Waals surface area contributed by atoms with Crippen LogP contribution in [0.1, 0.15) is 194 Å². The van der Waals surface area contributed by atoms with Gasteiger partial charge in [0.25, 0.3) is 7.82 Å². The highest BCUT2D eigenvalue weighted by Gasteiger charge is 2.24. The Kier molecular flexibility index (Phi) is 35.0. The van der Waals surface area contributed by atoms with Crippen LogP contribution < -0.4 is 10.2 Å². The summed E-state index contributed by atoms with van der Waals surface area (Å²) in [5, 5.41) is 13.8. The van der Waals surface area contributed by atoms with Crippen LogP contribution in [0.2, 0.25) is 0 Å². The Balaban J connectivity index is 4.20. The van der Waals surface area contributed by atoms with E-state index in [0.29, 0.717) is 23.9 Å². The molecule has 0 aromatic carbocycles. The first-order chi connectivity index (χ1) is 25.0. The number of quaternary nitrogens is 1. The van der Waals surface area contributed by atoms with E-state index < -0.39 is 20.0 Å². The molecule has 0 fully saturated rings. The van der Waals surface area contributed by atoms with Gasteiger partial charge >= 0.3 is 0 Å². The molecule has 3 unspecified atom stereocenters. The predicted molar refractivity (Wildman–Crippen MR) is 219 cm³/mol. The van der Waals surface area contributed by atoms with Crippen molar-refractivity contribution >= 4 is 13.7 Å². The van der Waals surface area contributed by atoms with Gasteiger partial charge in [0, 0.05) is 6.42 Å². The van der Waals surface area contributed by atoms with Gasteiger partial charge in [-0.2, -0.15) is 0 Å². The molecule has 3 atom stereocenters. The van der Waals surface area contributed by atoms with Gasteiger partial charge in [-0.1, -0.05) is 173 Å². The molecule has 0 saturated heterocycles. The SMILES string of the molecule is CC/C=C\C/C=C\CCCCCCCCCCCCCCCCC(=O)NC(COP(=O)([O-])OCC[N+](C)(C)C)C(O)CCCCCCCCCCC. The van der Waals surface area contributed by atoms with Gasteiger partial charge in [-0.15, -0.1) is 0 Å². The van der Waals surface area contributed by atoms with Crippen molar-refractivity contribution in [2.45, 2.75) is 206 Å². The Morgan fingerprint density at radius 1 is 0.692 bits per heavy atom. The molecule has 52 heavy (non-hydrogen) atoms. The maximum atomic E-state index is 12.8. The Morgan fingerprint density at radius 2 is 1.17 bits per heavy atom. The molecule has 2 N–H and O–H groups in total. The molecule has 0 saturated carbocycles. The first kappa shape index (κ1) is 51.0. The maximum Gasteiger partial charge on any atom is 0.268 e. The molecule has 0 aromatic heterocycles. The zero-order chi connectivity index (χ0) is 38.6. The second kappa shape index (κ2) is 35.7. The Morgan fingerprint density at radius 3 is 1.69 bits per heavy atom. The third-order valence-electron chi connectivity index (χ3n) is 9.70. The summed E-state index contributed by atoms with van der Waals surface area (Å²) >= 11 is 0. The number of hydrogen-bond acceptors (Lipinski definition) is 6. The molecular weight excluding hydrogens is 671 g/mol. The number of aliphatic hydroxyl groups is 1. The molecule has 308 valence electrons. The van der Waals surface area contributed by atoms with Crippen LogP contribution in [-0.2, 0) is 18.4 Å². The maximum absolute atomic E-state index is 12.8. The van der Waals surface area contributed by atoms with Gasteiger partial charge in [0.15, 0.2) is 0 Å². The van der Waals surface area contributed by atoms with E-state index in [9.17, 15) is 19.4 Å². The van der Waals surface area contributed by atoms with Gasteiger partial charge in [-0.25, -0.2) is 0 Å². The van der Waals surface area contributed by atoms with Gasteiger partial charge < -0.3 is 28.8 Å². The van der Waals surface area contributed by atoms with Gasteiger partial charge in [-0.05, 0) is 38.5 Å². The van der Waals surface area contributed by atoms with E-state index in [0.717, 1.165) is 51.4 Å². The molecule has 0 bridgehead atoms. The molecule has 0 aromatic rings. The molecule has 0 aliphatic rings. The fourth-order valence-electron chi connectivity index (χ4n) is 6.25. The smallest absolute Gasteiger partial charge is 0.268 e. The number of likely N-dealkylation sites (N-methyl/N-ethyl adjacent to an activating group) is 1. The van der Waals surface area contributed by atoms with E-state index in [2.05, 4.69) is 43.5 Å². The summed E-state index contributed by atoms with van der Waals surface area (Å²) in [7, 11) is 1.30. The summed E-state index contributed by atoms with van der Waals surface area (Å²) < 4.78 is 23.2. The van der Waals surface area contributed by atoms with Crippen molar-refractivity contribution in [1.82, 2.24) is 5.32 Å². The molecule has 1 amide bonds. The summed E-state index contributed by atoms with van der Waals surface area (Å²) in [6.07, 6.45) is 40.5.